The van der Waals surface area contributed by atoms with Gasteiger partial charge in [0.2, 0.25) is 0 Å². The van der Waals surface area contributed by atoms with Crippen LogP contribution in [0.25, 0.3) is 16.8 Å². The Labute approximate surface area is 168 Å². The van der Waals surface area contributed by atoms with Crippen LogP contribution in [0.2, 0.25) is 0 Å². The van der Waals surface area contributed by atoms with Crippen LogP contribution in [0.1, 0.15) is 46.8 Å². The van der Waals surface area contributed by atoms with Crippen molar-refractivity contribution in [1.82, 2.24) is 14.6 Å². The SMILES string of the molecule is CCc1nn2cc3c(nc2c1-c1ccc(OC)cc1)CC(c1ccco1)CC3=O. The molecule has 3 heterocycles. The molecule has 1 unspecified atom stereocenters. The van der Waals surface area contributed by atoms with Crippen molar-refractivity contribution in [3.8, 4) is 16.9 Å². The van der Waals surface area contributed by atoms with Crippen molar-refractivity contribution in [2.24, 2.45) is 0 Å². The van der Waals surface area contributed by atoms with E-state index in [0.29, 0.717) is 18.4 Å². The normalized spacial score (nSPS) is 16.2. The molecule has 6 heteroatoms. The van der Waals surface area contributed by atoms with E-state index in [0.717, 1.165) is 46.1 Å². The molecule has 4 aromatic rings. The maximum absolute atomic E-state index is 12.8. The van der Waals surface area contributed by atoms with E-state index in [2.05, 4.69) is 6.92 Å². The zero-order valence-corrected chi connectivity index (χ0v) is 16.4. The second kappa shape index (κ2) is 6.88. The Morgan fingerprint density at radius 3 is 2.72 bits per heavy atom. The van der Waals surface area contributed by atoms with Gasteiger partial charge in [0.15, 0.2) is 11.4 Å². The maximum Gasteiger partial charge on any atom is 0.167 e. The summed E-state index contributed by atoms with van der Waals surface area (Å²) in [6.45, 7) is 2.08. The molecule has 1 aliphatic rings. The average Bonchev–Trinajstić information content (AvgIpc) is 3.40. The third kappa shape index (κ3) is 2.92. The predicted molar refractivity (Wildman–Crippen MR) is 108 cm³/mol. The Balaban J connectivity index is 1.65. The molecule has 1 aliphatic carbocycles. The summed E-state index contributed by atoms with van der Waals surface area (Å²) in [7, 11) is 1.65. The number of benzene rings is 1. The van der Waals surface area contributed by atoms with Gasteiger partial charge in [-0.3, -0.25) is 4.79 Å². The zero-order chi connectivity index (χ0) is 20.0. The van der Waals surface area contributed by atoms with Crippen LogP contribution in [0.4, 0.5) is 0 Å². The molecule has 3 aromatic heterocycles. The Kier molecular flexibility index (Phi) is 4.19. The van der Waals surface area contributed by atoms with Gasteiger partial charge in [0.1, 0.15) is 11.5 Å². The first-order valence-corrected chi connectivity index (χ1v) is 9.80. The smallest absolute Gasteiger partial charge is 0.167 e. The molecule has 0 saturated carbocycles. The highest BCUT2D eigenvalue weighted by molar-refractivity contribution is 5.99. The van der Waals surface area contributed by atoms with E-state index < -0.39 is 0 Å². The van der Waals surface area contributed by atoms with Crippen molar-refractivity contribution in [3.63, 3.8) is 0 Å². The number of hydrogen-bond donors (Lipinski definition) is 0. The summed E-state index contributed by atoms with van der Waals surface area (Å²) in [5.74, 6) is 1.75. The Bertz CT molecular complexity index is 1190. The molecule has 0 saturated heterocycles. The number of aromatic nitrogens is 3. The number of nitrogens with zero attached hydrogens (tertiary/aromatic N) is 3. The third-order valence-electron chi connectivity index (χ3n) is 5.59. The van der Waals surface area contributed by atoms with Gasteiger partial charge in [0.05, 0.1) is 30.3 Å². The third-order valence-corrected chi connectivity index (χ3v) is 5.59. The predicted octanol–water partition coefficient (Wildman–Crippen LogP) is 4.47. The molecule has 5 rings (SSSR count). The lowest BCUT2D eigenvalue weighted by molar-refractivity contribution is 0.0958. The highest BCUT2D eigenvalue weighted by Crippen LogP contribution is 2.35. The van der Waals surface area contributed by atoms with Crippen LogP contribution < -0.4 is 4.74 Å². The fourth-order valence-corrected chi connectivity index (χ4v) is 4.11. The number of rotatable bonds is 4. The number of ketones is 1. The van der Waals surface area contributed by atoms with E-state index in [9.17, 15) is 4.79 Å². The van der Waals surface area contributed by atoms with Crippen LogP contribution in [0, 0.1) is 0 Å². The van der Waals surface area contributed by atoms with E-state index in [-0.39, 0.29) is 11.7 Å². The molecule has 0 amide bonds. The van der Waals surface area contributed by atoms with Crippen LogP contribution in [-0.2, 0) is 12.8 Å². The van der Waals surface area contributed by atoms with Crippen molar-refractivity contribution in [3.05, 3.63) is 71.6 Å². The molecule has 1 atom stereocenters. The van der Waals surface area contributed by atoms with Gasteiger partial charge in [0.25, 0.3) is 0 Å². The summed E-state index contributed by atoms with van der Waals surface area (Å²) in [4.78, 5) is 17.7. The summed E-state index contributed by atoms with van der Waals surface area (Å²) in [6, 6.07) is 11.7. The monoisotopic (exact) mass is 387 g/mol. The molecule has 1 aromatic carbocycles. The number of furan rings is 1. The minimum atomic E-state index is 0.0259. The summed E-state index contributed by atoms with van der Waals surface area (Å²) < 4.78 is 12.6. The number of aryl methyl sites for hydroxylation is 1. The van der Waals surface area contributed by atoms with Gasteiger partial charge in [0, 0.05) is 30.5 Å². The molecule has 0 bridgehead atoms. The van der Waals surface area contributed by atoms with Gasteiger partial charge in [-0.15, -0.1) is 0 Å². The number of carbonyl (C=O) groups is 1. The maximum atomic E-state index is 12.8. The van der Waals surface area contributed by atoms with Crippen LogP contribution >= 0.6 is 0 Å². The first-order valence-electron chi connectivity index (χ1n) is 9.80. The lowest BCUT2D eigenvalue weighted by Crippen LogP contribution is -2.21. The van der Waals surface area contributed by atoms with E-state index in [1.54, 1.807) is 17.9 Å². The lowest BCUT2D eigenvalue weighted by atomic mass is 9.85. The summed E-state index contributed by atoms with van der Waals surface area (Å²) in [5, 5.41) is 4.71. The molecule has 0 fully saturated rings. The second-order valence-corrected chi connectivity index (χ2v) is 7.32. The molecule has 29 heavy (non-hydrogen) atoms. The van der Waals surface area contributed by atoms with Gasteiger partial charge in [-0.25, -0.2) is 9.50 Å². The summed E-state index contributed by atoms with van der Waals surface area (Å²) >= 11 is 0. The standard InChI is InChI=1S/C23H21N3O3/c1-3-18-22(14-6-8-16(28-2)9-7-14)23-24-19-11-15(21-5-4-10-29-21)12-20(27)17(19)13-26(23)25-18/h4-10,13,15H,3,11-12H2,1-2H3. The van der Waals surface area contributed by atoms with Gasteiger partial charge < -0.3 is 9.15 Å². The van der Waals surface area contributed by atoms with Crippen LogP contribution in [0.5, 0.6) is 5.75 Å². The largest absolute Gasteiger partial charge is 0.497 e. The quantitative estimate of drug-likeness (QED) is 0.517. The molecule has 146 valence electrons. The van der Waals surface area contributed by atoms with Gasteiger partial charge in [-0.05, 0) is 36.2 Å². The highest BCUT2D eigenvalue weighted by atomic mass is 16.5. The molecule has 0 N–H and O–H groups in total. The van der Waals surface area contributed by atoms with Crippen molar-refractivity contribution in [2.75, 3.05) is 7.11 Å². The highest BCUT2D eigenvalue weighted by Gasteiger charge is 2.30. The van der Waals surface area contributed by atoms with E-state index in [4.69, 9.17) is 19.2 Å². The van der Waals surface area contributed by atoms with Crippen molar-refractivity contribution >= 4 is 11.4 Å². The molecule has 0 spiro atoms. The Hall–Kier alpha value is -3.41. The van der Waals surface area contributed by atoms with Crippen LogP contribution in [0.15, 0.2) is 53.3 Å². The summed E-state index contributed by atoms with van der Waals surface area (Å²) in [5.41, 5.74) is 5.25. The van der Waals surface area contributed by atoms with E-state index in [1.807, 2.05) is 42.6 Å². The lowest BCUT2D eigenvalue weighted by Gasteiger charge is -2.21. The number of fused-ring (bicyclic) bond motifs is 2. The molecular weight excluding hydrogens is 366 g/mol. The first kappa shape index (κ1) is 17.7. The van der Waals surface area contributed by atoms with Crippen molar-refractivity contribution < 1.29 is 13.9 Å². The Morgan fingerprint density at radius 2 is 2.03 bits per heavy atom. The minimum Gasteiger partial charge on any atom is -0.497 e. The number of carbonyl (C=O) groups excluding carboxylic acids is 1. The number of hydrogen-bond acceptors (Lipinski definition) is 5. The van der Waals surface area contributed by atoms with Crippen molar-refractivity contribution in [2.45, 2.75) is 32.1 Å². The molecule has 0 aliphatic heterocycles. The van der Waals surface area contributed by atoms with Crippen LogP contribution in [0.3, 0.4) is 0 Å². The minimum absolute atomic E-state index is 0.0259. The topological polar surface area (TPSA) is 69.6 Å². The van der Waals surface area contributed by atoms with E-state index in [1.165, 1.54) is 0 Å². The number of Topliss-reactive ketones (excluding diaryl/α,β-unsaturated/α-hetero) is 1. The average molecular weight is 387 g/mol. The Morgan fingerprint density at radius 1 is 1.21 bits per heavy atom. The van der Waals surface area contributed by atoms with Gasteiger partial charge in [-0.1, -0.05) is 19.1 Å². The molecular formula is C23H21N3O3. The first-order chi connectivity index (χ1) is 14.2. The zero-order valence-electron chi connectivity index (χ0n) is 16.4. The molecule has 0 radical (unpaired) electrons. The number of ether oxygens (including phenoxy) is 1. The fourth-order valence-electron chi connectivity index (χ4n) is 4.11. The second-order valence-electron chi connectivity index (χ2n) is 7.32. The molecule has 6 nitrogen and oxygen atoms in total. The van der Waals surface area contributed by atoms with Gasteiger partial charge >= 0.3 is 0 Å². The fraction of sp³-hybridized carbons (Fsp3) is 0.261. The summed E-state index contributed by atoms with van der Waals surface area (Å²) in [6.07, 6.45) is 5.38. The number of methoxy groups -OCH3 is 1. The van der Waals surface area contributed by atoms with Gasteiger partial charge in [-0.2, -0.15) is 5.10 Å². The van der Waals surface area contributed by atoms with Crippen LogP contribution in [-0.4, -0.2) is 27.5 Å². The van der Waals surface area contributed by atoms with E-state index >= 15 is 0 Å². The van der Waals surface area contributed by atoms with Crippen molar-refractivity contribution in [1.29, 1.82) is 0 Å².